The normalized spacial score (nSPS) is 17.2. The molecule has 1 saturated heterocycles. The number of quaternary nitrogens is 1. The minimum Gasteiger partial charge on any atom is -0.497 e. The smallest absolute Gasteiger partial charge is 0.310 e. The van der Waals surface area contributed by atoms with Crippen LogP contribution in [0.4, 0.5) is 0 Å². The van der Waals surface area contributed by atoms with E-state index in [4.69, 9.17) is 9.47 Å². The monoisotopic (exact) mass is 292 g/mol. The van der Waals surface area contributed by atoms with Gasteiger partial charge in [0.1, 0.15) is 18.4 Å². The number of carbonyl (C=O) groups is 1. The second-order valence-corrected chi connectivity index (χ2v) is 5.84. The minimum absolute atomic E-state index is 0.0103. The number of hydrogen-bond acceptors (Lipinski definition) is 3. The molecule has 1 atom stereocenters. The fourth-order valence-electron chi connectivity index (χ4n) is 2.88. The van der Waals surface area contributed by atoms with Crippen LogP contribution in [0.5, 0.6) is 5.75 Å². The Morgan fingerprint density at radius 3 is 2.48 bits per heavy atom. The maximum Gasteiger partial charge on any atom is 0.310 e. The van der Waals surface area contributed by atoms with Gasteiger partial charge < -0.3 is 14.4 Å². The van der Waals surface area contributed by atoms with E-state index in [1.54, 1.807) is 12.0 Å². The predicted molar refractivity (Wildman–Crippen MR) is 81.7 cm³/mol. The van der Waals surface area contributed by atoms with Gasteiger partial charge in [-0.15, -0.1) is 0 Å². The van der Waals surface area contributed by atoms with Gasteiger partial charge in [-0.05, 0) is 43.9 Å². The molecule has 0 spiro atoms. The topological polar surface area (TPSA) is 40.0 Å². The van der Waals surface area contributed by atoms with Crippen LogP contribution in [0.1, 0.15) is 31.7 Å². The molecular weight excluding hydrogens is 266 g/mol. The molecule has 1 heterocycles. The summed E-state index contributed by atoms with van der Waals surface area (Å²) >= 11 is 0. The fraction of sp³-hybridized carbons (Fsp3) is 0.588. The molecule has 0 aliphatic carbocycles. The summed E-state index contributed by atoms with van der Waals surface area (Å²) in [6.07, 6.45) is 4.24. The number of ether oxygens (including phenoxy) is 2. The van der Waals surface area contributed by atoms with Crippen LogP contribution >= 0.6 is 0 Å². The van der Waals surface area contributed by atoms with Gasteiger partial charge in [0.15, 0.2) is 0 Å². The number of nitrogens with one attached hydrogen (secondary N) is 1. The summed E-state index contributed by atoms with van der Waals surface area (Å²) in [4.78, 5) is 13.5. The average molecular weight is 292 g/mol. The van der Waals surface area contributed by atoms with Crippen molar-refractivity contribution in [1.82, 2.24) is 0 Å². The van der Waals surface area contributed by atoms with Gasteiger partial charge in [-0.1, -0.05) is 12.1 Å². The van der Waals surface area contributed by atoms with Crippen molar-refractivity contribution in [3.63, 3.8) is 0 Å². The van der Waals surface area contributed by atoms with Crippen LogP contribution in [0, 0.1) is 0 Å². The third kappa shape index (κ3) is 5.38. The summed E-state index contributed by atoms with van der Waals surface area (Å²) in [6.45, 7) is 5.34. The first kappa shape index (κ1) is 15.8. The molecule has 0 unspecified atom stereocenters. The van der Waals surface area contributed by atoms with Gasteiger partial charge in [-0.25, -0.2) is 0 Å². The van der Waals surface area contributed by atoms with Crippen molar-refractivity contribution in [3.05, 3.63) is 29.8 Å². The van der Waals surface area contributed by atoms with E-state index in [1.807, 2.05) is 31.2 Å². The van der Waals surface area contributed by atoms with Crippen LogP contribution in [-0.4, -0.2) is 38.8 Å². The molecule has 1 aromatic rings. The van der Waals surface area contributed by atoms with Gasteiger partial charge in [0, 0.05) is 0 Å². The quantitative estimate of drug-likeness (QED) is 0.802. The van der Waals surface area contributed by atoms with Crippen LogP contribution in [0.3, 0.4) is 0 Å². The molecule has 0 amide bonds. The number of carbonyl (C=O) groups excluding carboxylic acids is 1. The second kappa shape index (κ2) is 8.03. The average Bonchev–Trinajstić information content (AvgIpc) is 2.48. The van der Waals surface area contributed by atoms with E-state index in [0.29, 0.717) is 6.42 Å². The highest BCUT2D eigenvalue weighted by Crippen LogP contribution is 2.12. The summed E-state index contributed by atoms with van der Waals surface area (Å²) in [5.41, 5.74) is 0.957. The molecule has 0 aromatic heterocycles. The van der Waals surface area contributed by atoms with Gasteiger partial charge in [-0.3, -0.25) is 4.79 Å². The third-order valence-corrected chi connectivity index (χ3v) is 3.98. The predicted octanol–water partition coefficient (Wildman–Crippen LogP) is 1.24. The first-order valence-electron chi connectivity index (χ1n) is 7.83. The molecule has 4 heteroatoms. The van der Waals surface area contributed by atoms with Crippen LogP contribution < -0.4 is 9.64 Å². The van der Waals surface area contributed by atoms with Crippen molar-refractivity contribution in [2.45, 2.75) is 38.7 Å². The summed E-state index contributed by atoms with van der Waals surface area (Å²) < 4.78 is 10.6. The Labute approximate surface area is 127 Å². The maximum absolute atomic E-state index is 12.0. The van der Waals surface area contributed by atoms with E-state index in [0.717, 1.165) is 17.9 Å². The highest BCUT2D eigenvalue weighted by Gasteiger charge is 2.19. The number of methoxy groups -OCH3 is 1. The van der Waals surface area contributed by atoms with E-state index < -0.39 is 0 Å². The molecule has 1 aromatic carbocycles. The van der Waals surface area contributed by atoms with Gasteiger partial charge >= 0.3 is 5.97 Å². The number of piperidine rings is 1. The lowest BCUT2D eigenvalue weighted by molar-refractivity contribution is -0.907. The van der Waals surface area contributed by atoms with Crippen LogP contribution in [0.2, 0.25) is 0 Å². The first-order chi connectivity index (χ1) is 10.2. The zero-order chi connectivity index (χ0) is 15.1. The largest absolute Gasteiger partial charge is 0.497 e. The van der Waals surface area contributed by atoms with Crippen molar-refractivity contribution < 1.29 is 19.2 Å². The van der Waals surface area contributed by atoms with E-state index in [1.165, 1.54) is 32.4 Å². The molecule has 1 aliphatic heterocycles. The molecule has 1 fully saturated rings. The Balaban J connectivity index is 1.74. The van der Waals surface area contributed by atoms with Crippen LogP contribution in [-0.2, 0) is 16.0 Å². The first-order valence-corrected chi connectivity index (χ1v) is 7.83. The Bertz CT molecular complexity index is 438. The zero-order valence-electron chi connectivity index (χ0n) is 13.1. The molecular formula is C17H26NO3+. The summed E-state index contributed by atoms with van der Waals surface area (Å²) in [5.74, 6) is 0.651. The number of hydrogen-bond donors (Lipinski definition) is 1. The summed E-state index contributed by atoms with van der Waals surface area (Å²) in [5, 5.41) is 0. The lowest BCUT2D eigenvalue weighted by atomic mass is 10.1. The summed E-state index contributed by atoms with van der Waals surface area (Å²) in [6, 6.07) is 7.54. The van der Waals surface area contributed by atoms with E-state index in [2.05, 4.69) is 0 Å². The maximum atomic E-state index is 12.0. The molecule has 2 rings (SSSR count). The molecule has 4 nitrogen and oxygen atoms in total. The Morgan fingerprint density at radius 1 is 1.19 bits per heavy atom. The van der Waals surface area contributed by atoms with E-state index in [9.17, 15) is 4.79 Å². The Kier molecular flexibility index (Phi) is 6.05. The standard InChI is InChI=1S/C17H25NO3/c1-14(13-18-10-4-3-5-11-18)21-17(19)12-15-6-8-16(20-2)9-7-15/h6-9,14H,3-5,10-13H2,1-2H3/p+1/t14-/m1/s1. The number of likely N-dealkylation sites (tertiary alicyclic amines) is 1. The number of benzene rings is 1. The Hall–Kier alpha value is -1.55. The second-order valence-electron chi connectivity index (χ2n) is 5.84. The summed E-state index contributed by atoms with van der Waals surface area (Å²) in [7, 11) is 1.63. The van der Waals surface area contributed by atoms with Crippen LogP contribution in [0.15, 0.2) is 24.3 Å². The third-order valence-electron chi connectivity index (χ3n) is 3.98. The molecule has 116 valence electrons. The van der Waals surface area contributed by atoms with Crippen LogP contribution in [0.25, 0.3) is 0 Å². The highest BCUT2D eigenvalue weighted by atomic mass is 16.5. The SMILES string of the molecule is COc1ccc(CC(=O)O[C@H](C)C[NH+]2CCCCC2)cc1. The van der Waals surface area contributed by atoms with Crippen molar-refractivity contribution in [2.24, 2.45) is 0 Å². The number of rotatable bonds is 6. The van der Waals surface area contributed by atoms with E-state index >= 15 is 0 Å². The molecule has 1 N–H and O–H groups in total. The van der Waals surface area contributed by atoms with Crippen molar-refractivity contribution in [1.29, 1.82) is 0 Å². The van der Waals surface area contributed by atoms with Gasteiger partial charge in [0.25, 0.3) is 0 Å². The van der Waals surface area contributed by atoms with Crippen molar-refractivity contribution in [3.8, 4) is 5.75 Å². The molecule has 0 saturated carbocycles. The van der Waals surface area contributed by atoms with E-state index in [-0.39, 0.29) is 12.1 Å². The zero-order valence-corrected chi connectivity index (χ0v) is 13.1. The van der Waals surface area contributed by atoms with Gasteiger partial charge in [0.2, 0.25) is 0 Å². The molecule has 0 bridgehead atoms. The lowest BCUT2D eigenvalue weighted by Gasteiger charge is -2.26. The molecule has 1 aliphatic rings. The lowest BCUT2D eigenvalue weighted by Crippen LogP contribution is -3.13. The highest BCUT2D eigenvalue weighted by molar-refractivity contribution is 5.72. The van der Waals surface area contributed by atoms with Crippen molar-refractivity contribution in [2.75, 3.05) is 26.7 Å². The number of esters is 1. The Morgan fingerprint density at radius 2 is 1.86 bits per heavy atom. The fourth-order valence-corrected chi connectivity index (χ4v) is 2.88. The van der Waals surface area contributed by atoms with Gasteiger partial charge in [0.05, 0.1) is 26.6 Å². The van der Waals surface area contributed by atoms with Crippen molar-refractivity contribution >= 4 is 5.97 Å². The molecule has 0 radical (unpaired) electrons. The van der Waals surface area contributed by atoms with Gasteiger partial charge in [-0.2, -0.15) is 0 Å². The molecule has 21 heavy (non-hydrogen) atoms. The minimum atomic E-state index is -0.149.